The van der Waals surface area contributed by atoms with Crippen LogP contribution in [-0.2, 0) is 33.5 Å². The van der Waals surface area contributed by atoms with Crippen molar-refractivity contribution in [3.63, 3.8) is 0 Å². The molecule has 29 heavy (non-hydrogen) atoms. The molecule has 2 heterocycles. The van der Waals surface area contributed by atoms with Gasteiger partial charge in [-0.1, -0.05) is 30.0 Å². The van der Waals surface area contributed by atoms with Gasteiger partial charge in [0, 0.05) is 18.2 Å². The van der Waals surface area contributed by atoms with Gasteiger partial charge in [-0.2, -0.15) is 0 Å². The van der Waals surface area contributed by atoms with E-state index in [1.165, 1.54) is 18.9 Å². The highest BCUT2D eigenvalue weighted by atomic mass is 32.2. The third-order valence-corrected chi connectivity index (χ3v) is 5.52. The average molecular weight is 414 g/mol. The molecule has 0 radical (unpaired) electrons. The molecule has 0 fully saturated rings. The maximum absolute atomic E-state index is 12.4. The van der Waals surface area contributed by atoms with Gasteiger partial charge in [-0.15, -0.1) is 10.2 Å². The van der Waals surface area contributed by atoms with Crippen molar-refractivity contribution < 1.29 is 19.1 Å². The number of carbonyl (C=O) groups is 2. The lowest BCUT2D eigenvalue weighted by Crippen LogP contribution is -2.12. The zero-order valence-electron chi connectivity index (χ0n) is 16.8. The number of aryl methyl sites for hydroxylation is 1. The van der Waals surface area contributed by atoms with Crippen LogP contribution in [0.1, 0.15) is 34.4 Å². The smallest absolute Gasteiger partial charge is 0.340 e. The Balaban J connectivity index is 1.88. The maximum Gasteiger partial charge on any atom is 0.340 e. The summed E-state index contributed by atoms with van der Waals surface area (Å²) in [4.78, 5) is 28.8. The largest absolute Gasteiger partial charge is 0.466 e. The molecule has 1 aromatic carbocycles. The van der Waals surface area contributed by atoms with Crippen molar-refractivity contribution in [1.82, 2.24) is 19.7 Å². The summed E-state index contributed by atoms with van der Waals surface area (Å²) < 4.78 is 11.7. The Morgan fingerprint density at radius 1 is 1.21 bits per heavy atom. The molecule has 0 atom stereocenters. The summed E-state index contributed by atoms with van der Waals surface area (Å²) in [5.74, 6) is 0.153. The molecular weight excluding hydrogens is 392 g/mol. The van der Waals surface area contributed by atoms with E-state index in [4.69, 9.17) is 9.47 Å². The van der Waals surface area contributed by atoms with Gasteiger partial charge in [0.1, 0.15) is 12.2 Å². The summed E-state index contributed by atoms with van der Waals surface area (Å²) >= 11 is 1.39. The Morgan fingerprint density at radius 3 is 2.69 bits per heavy atom. The molecule has 0 aliphatic rings. The monoisotopic (exact) mass is 414 g/mol. The minimum absolute atomic E-state index is 0.0542. The second kappa shape index (κ2) is 9.04. The molecule has 152 valence electrons. The summed E-state index contributed by atoms with van der Waals surface area (Å²) in [5, 5.41) is 9.75. The molecule has 0 aliphatic heterocycles. The van der Waals surface area contributed by atoms with E-state index in [0.29, 0.717) is 34.6 Å². The van der Waals surface area contributed by atoms with Crippen molar-refractivity contribution in [2.45, 2.75) is 31.2 Å². The lowest BCUT2D eigenvalue weighted by Gasteiger charge is -2.13. The standard InChI is InChI=1S/C20H22N4O4S/c1-5-28-17(25)10-16-22-23-20(24(16)3)29-11-15-18(19(26)27-4)12(2)13-8-6-7-9-14(13)21-15/h6-9H,5,10-11H2,1-4H3. The number of fused-ring (bicyclic) bond motifs is 1. The van der Waals surface area contributed by atoms with E-state index in [2.05, 4.69) is 15.2 Å². The lowest BCUT2D eigenvalue weighted by atomic mass is 10.0. The zero-order chi connectivity index (χ0) is 21.0. The second-order valence-electron chi connectivity index (χ2n) is 6.30. The maximum atomic E-state index is 12.4. The predicted molar refractivity (Wildman–Crippen MR) is 109 cm³/mol. The van der Waals surface area contributed by atoms with Crippen LogP contribution in [-0.4, -0.2) is 45.4 Å². The molecular formula is C20H22N4O4S. The van der Waals surface area contributed by atoms with Crippen molar-refractivity contribution in [2.24, 2.45) is 7.05 Å². The molecule has 0 bridgehead atoms. The summed E-state index contributed by atoms with van der Waals surface area (Å²) in [7, 11) is 3.15. The van der Waals surface area contributed by atoms with Gasteiger partial charge in [0.2, 0.25) is 0 Å². The van der Waals surface area contributed by atoms with Crippen LogP contribution in [0.2, 0.25) is 0 Å². The van der Waals surface area contributed by atoms with E-state index >= 15 is 0 Å². The summed E-state index contributed by atoms with van der Waals surface area (Å²) in [5.41, 5.74) is 2.73. The normalized spacial score (nSPS) is 10.9. The number of esters is 2. The van der Waals surface area contributed by atoms with Crippen molar-refractivity contribution in [3.8, 4) is 0 Å². The highest BCUT2D eigenvalue weighted by Crippen LogP contribution is 2.28. The number of hydrogen-bond donors (Lipinski definition) is 0. The number of methoxy groups -OCH3 is 1. The van der Waals surface area contributed by atoms with Crippen LogP contribution >= 0.6 is 11.8 Å². The first-order valence-electron chi connectivity index (χ1n) is 9.09. The number of thioether (sulfide) groups is 1. The van der Waals surface area contributed by atoms with Gasteiger partial charge in [-0.3, -0.25) is 9.78 Å². The van der Waals surface area contributed by atoms with Crippen LogP contribution < -0.4 is 0 Å². The lowest BCUT2D eigenvalue weighted by molar-refractivity contribution is -0.142. The van der Waals surface area contributed by atoms with Crippen LogP contribution in [0.5, 0.6) is 0 Å². The van der Waals surface area contributed by atoms with E-state index < -0.39 is 5.97 Å². The molecule has 0 spiro atoms. The van der Waals surface area contributed by atoms with Crippen LogP contribution in [0.3, 0.4) is 0 Å². The van der Waals surface area contributed by atoms with Crippen molar-refractivity contribution in [1.29, 1.82) is 0 Å². The highest BCUT2D eigenvalue weighted by Gasteiger charge is 2.21. The molecule has 0 unspecified atom stereocenters. The van der Waals surface area contributed by atoms with Gasteiger partial charge in [0.15, 0.2) is 5.16 Å². The molecule has 2 aromatic heterocycles. The zero-order valence-corrected chi connectivity index (χ0v) is 17.6. The van der Waals surface area contributed by atoms with E-state index in [9.17, 15) is 9.59 Å². The first-order chi connectivity index (χ1) is 14.0. The number of hydrogen-bond acceptors (Lipinski definition) is 8. The quantitative estimate of drug-likeness (QED) is 0.430. The Morgan fingerprint density at radius 2 is 1.97 bits per heavy atom. The molecule has 0 saturated carbocycles. The van der Waals surface area contributed by atoms with E-state index in [-0.39, 0.29) is 12.4 Å². The van der Waals surface area contributed by atoms with Crippen LogP contribution in [0.4, 0.5) is 0 Å². The number of aromatic nitrogens is 4. The third-order valence-electron chi connectivity index (χ3n) is 4.49. The summed E-state index contributed by atoms with van der Waals surface area (Å²) in [6, 6.07) is 7.67. The SMILES string of the molecule is CCOC(=O)Cc1nnc(SCc2nc3ccccc3c(C)c2C(=O)OC)n1C. The Bertz CT molecular complexity index is 1060. The van der Waals surface area contributed by atoms with Crippen LogP contribution in [0.15, 0.2) is 29.4 Å². The summed E-state index contributed by atoms with van der Waals surface area (Å²) in [6.45, 7) is 3.97. The topological polar surface area (TPSA) is 96.2 Å². The van der Waals surface area contributed by atoms with Gasteiger partial charge in [0.05, 0.1) is 30.5 Å². The van der Waals surface area contributed by atoms with E-state index in [1.54, 1.807) is 18.5 Å². The number of benzene rings is 1. The minimum atomic E-state index is -0.419. The summed E-state index contributed by atoms with van der Waals surface area (Å²) in [6.07, 6.45) is 0.0542. The number of ether oxygens (including phenoxy) is 2. The number of para-hydroxylation sites is 1. The van der Waals surface area contributed by atoms with E-state index in [0.717, 1.165) is 16.5 Å². The Kier molecular flexibility index (Phi) is 6.48. The Labute approximate surface area is 172 Å². The molecule has 3 aromatic rings. The third kappa shape index (κ3) is 4.40. The number of pyridine rings is 1. The average Bonchev–Trinajstić information content (AvgIpc) is 3.05. The van der Waals surface area contributed by atoms with Gasteiger partial charge in [-0.05, 0) is 25.5 Å². The van der Waals surface area contributed by atoms with Crippen molar-refractivity contribution >= 4 is 34.6 Å². The van der Waals surface area contributed by atoms with Gasteiger partial charge in [-0.25, -0.2) is 4.79 Å². The van der Waals surface area contributed by atoms with Crippen LogP contribution in [0, 0.1) is 6.92 Å². The molecule has 0 aliphatic carbocycles. The van der Waals surface area contributed by atoms with Gasteiger partial charge in [0.25, 0.3) is 0 Å². The molecule has 0 saturated heterocycles. The number of nitrogens with zero attached hydrogens (tertiary/aromatic N) is 4. The minimum Gasteiger partial charge on any atom is -0.466 e. The number of carbonyl (C=O) groups excluding carboxylic acids is 2. The Hall–Kier alpha value is -2.94. The van der Waals surface area contributed by atoms with Gasteiger partial charge >= 0.3 is 11.9 Å². The predicted octanol–water partition coefficient (Wildman–Crippen LogP) is 2.86. The molecule has 9 heteroatoms. The molecule has 3 rings (SSSR count). The molecule has 0 amide bonds. The second-order valence-corrected chi connectivity index (χ2v) is 7.24. The first-order valence-corrected chi connectivity index (χ1v) is 10.1. The van der Waals surface area contributed by atoms with Gasteiger partial charge < -0.3 is 14.0 Å². The number of rotatable bonds is 7. The van der Waals surface area contributed by atoms with E-state index in [1.807, 2.05) is 31.2 Å². The molecule has 8 nitrogen and oxygen atoms in total. The molecule has 0 N–H and O–H groups in total. The fourth-order valence-corrected chi connectivity index (χ4v) is 3.89. The highest BCUT2D eigenvalue weighted by molar-refractivity contribution is 7.98. The van der Waals surface area contributed by atoms with Crippen molar-refractivity contribution in [2.75, 3.05) is 13.7 Å². The first kappa shape index (κ1) is 20.8. The fraction of sp³-hybridized carbons (Fsp3) is 0.350. The van der Waals surface area contributed by atoms with Crippen LogP contribution in [0.25, 0.3) is 10.9 Å². The van der Waals surface area contributed by atoms with Crippen molar-refractivity contribution in [3.05, 3.63) is 46.9 Å². The fourth-order valence-electron chi connectivity index (χ4n) is 3.02.